The van der Waals surface area contributed by atoms with Crippen LogP contribution in [0.2, 0.25) is 0 Å². The molecule has 1 aromatic heterocycles. The third kappa shape index (κ3) is 9.02. The molecule has 1 aromatic carbocycles. The van der Waals surface area contributed by atoms with Crippen molar-refractivity contribution in [1.29, 1.82) is 0 Å². The van der Waals surface area contributed by atoms with Crippen LogP contribution in [0.15, 0.2) is 30.5 Å². The number of amides is 1. The number of hydrogen-bond donors (Lipinski definition) is 3. The van der Waals surface area contributed by atoms with Crippen molar-refractivity contribution < 1.29 is 48.0 Å². The summed E-state index contributed by atoms with van der Waals surface area (Å²) in [7, 11) is 1.45. The molecule has 0 saturated carbocycles. The van der Waals surface area contributed by atoms with E-state index in [1.807, 2.05) is 12.1 Å². The van der Waals surface area contributed by atoms with E-state index in [4.69, 9.17) is 35.2 Å². The normalized spacial score (nSPS) is 36.8. The summed E-state index contributed by atoms with van der Waals surface area (Å²) in [4.78, 5) is 57.8. The number of fused-ring (bicyclic) bond motifs is 1. The number of carbonyl (C=O) groups is 4. The van der Waals surface area contributed by atoms with E-state index in [-0.39, 0.29) is 37.8 Å². The lowest BCUT2D eigenvalue weighted by atomic mass is 9.73. The van der Waals surface area contributed by atoms with Gasteiger partial charge in [-0.05, 0) is 59.1 Å². The minimum atomic E-state index is -1.49. The summed E-state index contributed by atoms with van der Waals surface area (Å²) in [5.74, 6) is 0.686. The number of methoxy groups -OCH3 is 1. The van der Waals surface area contributed by atoms with E-state index >= 15 is 0 Å². The minimum Gasteiger partial charge on any atom is -0.458 e. The van der Waals surface area contributed by atoms with Crippen LogP contribution in [0.4, 0.5) is 10.5 Å². The standard InChI is InChI=1S/C41H58N6O10/c1-10-31-41(8)35(47(39(52)57-41)17-12-11-16-46-21-30(44-45-46)27-14-13-15-28(42)19-27)24(4)32(48)22(2)20-40(7,53-9)36(25(5)33(49)26(6)37(51)55-31)56-38-34(50)29(43)18-23(3)54-38/h13-15,19,21-26,29,31,34-36,38,50H,10,16-18,20,42-43H2,1-9H3/t22-,23-,24+,25+,26-,29?,31-,34?,35-,36-,38+,40-,41-/m1/s1. The number of ketones is 2. The Kier molecular flexibility index (Phi) is 13.5. The molecule has 2 unspecified atom stereocenters. The first-order valence-corrected chi connectivity index (χ1v) is 19.6. The van der Waals surface area contributed by atoms with E-state index in [1.165, 1.54) is 18.9 Å². The molecule has 16 nitrogen and oxygen atoms in total. The van der Waals surface area contributed by atoms with Crippen molar-refractivity contribution in [2.75, 3.05) is 19.4 Å². The van der Waals surface area contributed by atoms with Crippen molar-refractivity contribution in [3.63, 3.8) is 0 Å². The van der Waals surface area contributed by atoms with Crippen LogP contribution in [0, 0.1) is 35.5 Å². The zero-order valence-electron chi connectivity index (χ0n) is 34.3. The number of esters is 1. The molecular weight excluding hydrogens is 736 g/mol. The van der Waals surface area contributed by atoms with Gasteiger partial charge in [0.05, 0.1) is 36.6 Å². The van der Waals surface area contributed by atoms with Gasteiger partial charge in [-0.1, -0.05) is 56.9 Å². The van der Waals surface area contributed by atoms with Crippen molar-refractivity contribution in [3.05, 3.63) is 30.5 Å². The number of aromatic nitrogens is 3. The highest BCUT2D eigenvalue weighted by Crippen LogP contribution is 2.43. The molecule has 0 bridgehead atoms. The Hall–Kier alpha value is -4.40. The number of rotatable bonds is 7. The molecule has 312 valence electrons. The summed E-state index contributed by atoms with van der Waals surface area (Å²) >= 11 is 0. The van der Waals surface area contributed by atoms with Gasteiger partial charge in [0.2, 0.25) is 0 Å². The fourth-order valence-corrected chi connectivity index (χ4v) is 8.67. The summed E-state index contributed by atoms with van der Waals surface area (Å²) in [5, 5.41) is 19.4. The number of Topliss-reactive ketones (excluding diaryl/α,β-unsaturated/α-hetero) is 2. The van der Waals surface area contributed by atoms with Crippen LogP contribution in [0.1, 0.15) is 74.7 Å². The molecule has 3 aliphatic heterocycles. The van der Waals surface area contributed by atoms with Crippen LogP contribution in [0.3, 0.4) is 0 Å². The number of benzene rings is 1. The van der Waals surface area contributed by atoms with Gasteiger partial charge in [0.15, 0.2) is 17.7 Å². The molecule has 13 atom stereocenters. The second kappa shape index (κ2) is 17.6. The monoisotopic (exact) mass is 794 g/mol. The number of nitrogen functional groups attached to an aromatic ring is 1. The summed E-state index contributed by atoms with van der Waals surface area (Å²) in [6.45, 7) is 13.6. The van der Waals surface area contributed by atoms with E-state index in [1.54, 1.807) is 71.5 Å². The van der Waals surface area contributed by atoms with Crippen molar-refractivity contribution >= 4 is 29.3 Å². The topological polar surface area (TPSA) is 221 Å². The summed E-state index contributed by atoms with van der Waals surface area (Å²) in [6, 6.07) is 5.71. The van der Waals surface area contributed by atoms with E-state index in [9.17, 15) is 24.3 Å². The SMILES string of the molecule is CC[C@H]1OC(=O)[C@H](C)C(=O)[C@H](C)[C@@H](O[C@@H]2O[C@H](C)CC(N)C2O)[C@](C)(OC)C[C@@H](C)C(=O)[C@H](C)[C@H]2N(CC#CCn3cc(-c4cccc(N)c4)nn3)C(=O)O[C@]12C. The summed E-state index contributed by atoms with van der Waals surface area (Å²) in [6.07, 6.45) is -3.19. The zero-order valence-corrected chi connectivity index (χ0v) is 34.3. The Morgan fingerprint density at radius 1 is 1.04 bits per heavy atom. The number of ether oxygens (including phenoxy) is 5. The smallest absolute Gasteiger partial charge is 0.411 e. The summed E-state index contributed by atoms with van der Waals surface area (Å²) < 4.78 is 32.2. The molecule has 4 heterocycles. The van der Waals surface area contributed by atoms with Crippen LogP contribution in [0.5, 0.6) is 0 Å². The highest BCUT2D eigenvalue weighted by atomic mass is 16.7. The molecule has 2 aromatic rings. The molecule has 57 heavy (non-hydrogen) atoms. The Morgan fingerprint density at radius 2 is 1.74 bits per heavy atom. The molecule has 16 heteroatoms. The quantitative estimate of drug-likeness (QED) is 0.159. The first-order valence-electron chi connectivity index (χ1n) is 19.6. The predicted octanol–water partition coefficient (Wildman–Crippen LogP) is 3.13. The summed E-state index contributed by atoms with van der Waals surface area (Å²) in [5.41, 5.74) is 11.3. The molecule has 0 aliphatic carbocycles. The maximum Gasteiger partial charge on any atom is 0.411 e. The Bertz CT molecular complexity index is 1860. The van der Waals surface area contributed by atoms with Crippen LogP contribution >= 0.6 is 0 Å². The van der Waals surface area contributed by atoms with Crippen molar-refractivity contribution in [2.45, 2.75) is 135 Å². The number of carbonyl (C=O) groups excluding carboxylic acids is 4. The van der Waals surface area contributed by atoms with Gasteiger partial charge in [0, 0.05) is 42.2 Å². The van der Waals surface area contributed by atoms with Gasteiger partial charge < -0.3 is 40.3 Å². The highest BCUT2D eigenvalue weighted by Gasteiger charge is 2.60. The number of anilines is 1. The van der Waals surface area contributed by atoms with Crippen LogP contribution in [-0.2, 0) is 44.6 Å². The number of aliphatic hydroxyl groups excluding tert-OH is 1. The number of hydrogen-bond acceptors (Lipinski definition) is 14. The second-order valence-electron chi connectivity index (χ2n) is 16.2. The van der Waals surface area contributed by atoms with E-state index in [0.29, 0.717) is 17.8 Å². The molecule has 0 spiro atoms. The van der Waals surface area contributed by atoms with E-state index in [2.05, 4.69) is 22.2 Å². The van der Waals surface area contributed by atoms with Crippen LogP contribution in [-0.4, -0.2) is 116 Å². The average molecular weight is 795 g/mol. The first kappa shape index (κ1) is 43.7. The van der Waals surface area contributed by atoms with Crippen molar-refractivity contribution in [1.82, 2.24) is 19.9 Å². The molecule has 0 radical (unpaired) electrons. The lowest BCUT2D eigenvalue weighted by molar-refractivity contribution is -0.288. The number of aliphatic hydroxyl groups is 1. The fourth-order valence-electron chi connectivity index (χ4n) is 8.67. The second-order valence-corrected chi connectivity index (χ2v) is 16.2. The first-order chi connectivity index (χ1) is 26.8. The third-order valence-electron chi connectivity index (χ3n) is 11.9. The highest BCUT2D eigenvalue weighted by molar-refractivity contribution is 6.00. The maximum absolute atomic E-state index is 14.6. The molecule has 1 amide bonds. The molecule has 5 rings (SSSR count). The minimum absolute atomic E-state index is 0.0723. The number of nitrogens with zero attached hydrogens (tertiary/aromatic N) is 4. The third-order valence-corrected chi connectivity index (χ3v) is 11.9. The lowest BCUT2D eigenvalue weighted by Gasteiger charge is -2.46. The van der Waals surface area contributed by atoms with Gasteiger partial charge in [-0.25, -0.2) is 9.48 Å². The van der Waals surface area contributed by atoms with Crippen molar-refractivity contribution in [3.8, 4) is 23.1 Å². The zero-order chi connectivity index (χ0) is 42.0. The van der Waals surface area contributed by atoms with Crippen LogP contribution in [0.25, 0.3) is 11.3 Å². The van der Waals surface area contributed by atoms with Gasteiger partial charge >= 0.3 is 12.1 Å². The molecular formula is C41H58N6O10. The largest absolute Gasteiger partial charge is 0.458 e. The van der Waals surface area contributed by atoms with E-state index in [0.717, 1.165) is 5.56 Å². The maximum atomic E-state index is 14.6. The van der Waals surface area contributed by atoms with Gasteiger partial charge in [-0.3, -0.25) is 19.3 Å². The Labute approximate surface area is 334 Å². The molecule has 3 aliphatic rings. The van der Waals surface area contributed by atoms with Gasteiger partial charge in [0.1, 0.15) is 36.1 Å². The molecule has 3 fully saturated rings. The van der Waals surface area contributed by atoms with Crippen LogP contribution < -0.4 is 11.5 Å². The van der Waals surface area contributed by atoms with Crippen molar-refractivity contribution in [2.24, 2.45) is 29.4 Å². The molecule has 3 saturated heterocycles. The van der Waals surface area contributed by atoms with E-state index < -0.39 is 89.4 Å². The lowest BCUT2D eigenvalue weighted by Crippen LogP contribution is -2.60. The number of cyclic esters (lactones) is 1. The van der Waals surface area contributed by atoms with Gasteiger partial charge in [-0.15, -0.1) is 5.10 Å². The Morgan fingerprint density at radius 3 is 2.40 bits per heavy atom. The average Bonchev–Trinajstić information content (AvgIpc) is 3.75. The predicted molar refractivity (Wildman–Crippen MR) is 208 cm³/mol. The van der Waals surface area contributed by atoms with Gasteiger partial charge in [-0.2, -0.15) is 0 Å². The fraction of sp³-hybridized carbons (Fsp3) is 0.659. The van der Waals surface area contributed by atoms with Gasteiger partial charge in [0.25, 0.3) is 0 Å². The Balaban J connectivity index is 1.46. The number of nitrogens with two attached hydrogens (primary N) is 2. The molecule has 5 N–H and O–H groups in total.